The van der Waals surface area contributed by atoms with Gasteiger partial charge in [-0.2, -0.15) is 0 Å². The SMILES string of the molecule is CCCCCCCCCCCCCCCCCCOC(=O)C(O)S. The normalized spacial score (nSPS) is 12.3. The number of ether oxygens (including phenoxy) is 1. The Morgan fingerprint density at radius 3 is 1.42 bits per heavy atom. The van der Waals surface area contributed by atoms with Crippen LogP contribution in [0.25, 0.3) is 0 Å². The summed E-state index contributed by atoms with van der Waals surface area (Å²) in [7, 11) is 0. The molecule has 0 aromatic carbocycles. The smallest absolute Gasteiger partial charge is 0.345 e. The van der Waals surface area contributed by atoms with E-state index < -0.39 is 11.4 Å². The summed E-state index contributed by atoms with van der Waals surface area (Å²) in [5.74, 6) is -0.640. The van der Waals surface area contributed by atoms with Crippen molar-refractivity contribution in [1.29, 1.82) is 0 Å². The number of unbranched alkanes of at least 4 members (excludes halogenated alkanes) is 15. The van der Waals surface area contributed by atoms with Gasteiger partial charge >= 0.3 is 5.97 Å². The van der Waals surface area contributed by atoms with Gasteiger partial charge in [0.1, 0.15) is 0 Å². The first kappa shape index (κ1) is 23.8. The Hall–Kier alpha value is -0.220. The molecule has 0 bridgehead atoms. The Kier molecular flexibility index (Phi) is 18.9. The molecule has 4 heteroatoms. The van der Waals surface area contributed by atoms with Gasteiger partial charge in [0, 0.05) is 0 Å². The average Bonchev–Trinajstić information content (AvgIpc) is 2.57. The molecule has 0 amide bonds. The van der Waals surface area contributed by atoms with Crippen molar-refractivity contribution in [3.63, 3.8) is 0 Å². The van der Waals surface area contributed by atoms with Crippen molar-refractivity contribution in [2.75, 3.05) is 6.61 Å². The highest BCUT2D eigenvalue weighted by molar-refractivity contribution is 7.81. The van der Waals surface area contributed by atoms with Gasteiger partial charge in [0.05, 0.1) is 6.61 Å². The Balaban J connectivity index is 3.04. The third-order valence-electron chi connectivity index (χ3n) is 4.45. The highest BCUT2D eigenvalue weighted by Gasteiger charge is 2.09. The number of carbonyl (C=O) groups is 1. The minimum Gasteiger partial charge on any atom is -0.463 e. The number of thiol groups is 1. The molecule has 0 heterocycles. The van der Waals surface area contributed by atoms with Crippen molar-refractivity contribution in [1.82, 2.24) is 0 Å². The number of aliphatic hydroxyl groups excluding tert-OH is 1. The molecular formula is C20H40O3S. The molecule has 0 rings (SSSR count). The van der Waals surface area contributed by atoms with Crippen LogP contribution in [0.3, 0.4) is 0 Å². The van der Waals surface area contributed by atoms with Crippen LogP contribution in [0.4, 0.5) is 0 Å². The second kappa shape index (κ2) is 19.1. The zero-order chi connectivity index (χ0) is 17.9. The highest BCUT2D eigenvalue weighted by Crippen LogP contribution is 2.13. The van der Waals surface area contributed by atoms with Gasteiger partial charge in [-0.25, -0.2) is 4.79 Å². The molecule has 0 aliphatic carbocycles. The lowest BCUT2D eigenvalue weighted by atomic mass is 10.0. The maximum absolute atomic E-state index is 11.0. The summed E-state index contributed by atoms with van der Waals surface area (Å²) in [4.78, 5) is 11.0. The van der Waals surface area contributed by atoms with Crippen LogP contribution >= 0.6 is 12.6 Å². The molecule has 0 radical (unpaired) electrons. The maximum atomic E-state index is 11.0. The summed E-state index contributed by atoms with van der Waals surface area (Å²) in [6, 6.07) is 0. The van der Waals surface area contributed by atoms with E-state index in [1.165, 1.54) is 89.9 Å². The lowest BCUT2D eigenvalue weighted by molar-refractivity contribution is -0.148. The second-order valence-corrected chi connectivity index (χ2v) is 7.33. The van der Waals surface area contributed by atoms with Crippen molar-refractivity contribution >= 4 is 18.6 Å². The van der Waals surface area contributed by atoms with E-state index in [0.717, 1.165) is 12.8 Å². The molecule has 1 atom stereocenters. The molecule has 144 valence electrons. The fraction of sp³-hybridized carbons (Fsp3) is 0.950. The van der Waals surface area contributed by atoms with Crippen molar-refractivity contribution in [3.8, 4) is 0 Å². The van der Waals surface area contributed by atoms with E-state index in [0.29, 0.717) is 6.61 Å². The summed E-state index contributed by atoms with van der Waals surface area (Å²) in [6.45, 7) is 2.67. The third-order valence-corrected chi connectivity index (χ3v) is 4.66. The fourth-order valence-corrected chi connectivity index (χ4v) is 2.97. The summed E-state index contributed by atoms with van der Waals surface area (Å²) in [5.41, 5.74) is -1.30. The van der Waals surface area contributed by atoms with Crippen molar-refractivity contribution < 1.29 is 14.6 Å². The maximum Gasteiger partial charge on any atom is 0.345 e. The molecule has 0 aliphatic heterocycles. The number of rotatable bonds is 18. The molecule has 0 saturated carbocycles. The Labute approximate surface area is 155 Å². The average molecular weight is 361 g/mol. The first-order chi connectivity index (χ1) is 11.7. The number of hydrogen-bond donors (Lipinski definition) is 2. The quantitative estimate of drug-likeness (QED) is 0.136. The molecule has 1 N–H and O–H groups in total. The summed E-state index contributed by atoms with van der Waals surface area (Å²) < 4.78 is 4.86. The molecule has 0 aliphatic rings. The molecule has 0 aromatic heterocycles. The first-order valence-corrected chi connectivity index (χ1v) is 10.7. The van der Waals surface area contributed by atoms with E-state index in [1.54, 1.807) is 0 Å². The molecule has 0 spiro atoms. The minimum absolute atomic E-state index is 0.398. The van der Waals surface area contributed by atoms with Crippen LogP contribution < -0.4 is 0 Å². The van der Waals surface area contributed by atoms with Crippen LogP contribution in [0.5, 0.6) is 0 Å². The molecule has 3 nitrogen and oxygen atoms in total. The monoisotopic (exact) mass is 360 g/mol. The van der Waals surface area contributed by atoms with E-state index in [-0.39, 0.29) is 0 Å². The van der Waals surface area contributed by atoms with E-state index in [9.17, 15) is 4.79 Å². The van der Waals surface area contributed by atoms with E-state index in [4.69, 9.17) is 9.84 Å². The number of hydrogen-bond acceptors (Lipinski definition) is 4. The van der Waals surface area contributed by atoms with Gasteiger partial charge in [-0.1, -0.05) is 103 Å². The highest BCUT2D eigenvalue weighted by atomic mass is 32.1. The van der Waals surface area contributed by atoms with Gasteiger partial charge in [-0.05, 0) is 6.42 Å². The zero-order valence-electron chi connectivity index (χ0n) is 15.8. The van der Waals surface area contributed by atoms with E-state index in [2.05, 4.69) is 19.6 Å². The van der Waals surface area contributed by atoms with E-state index in [1.807, 2.05) is 0 Å². The number of esters is 1. The topological polar surface area (TPSA) is 46.5 Å². The van der Waals surface area contributed by atoms with E-state index >= 15 is 0 Å². The Bertz CT molecular complexity index is 270. The van der Waals surface area contributed by atoms with Gasteiger partial charge in [-0.15, -0.1) is 12.6 Å². The molecule has 0 saturated heterocycles. The van der Waals surface area contributed by atoms with Gasteiger partial charge < -0.3 is 9.84 Å². The Morgan fingerprint density at radius 1 is 0.750 bits per heavy atom. The number of carbonyl (C=O) groups excluding carboxylic acids is 1. The van der Waals surface area contributed by atoms with Crippen molar-refractivity contribution in [2.45, 2.75) is 115 Å². The summed E-state index contributed by atoms with van der Waals surface area (Å²) in [5, 5.41) is 8.85. The van der Waals surface area contributed by atoms with Crippen molar-refractivity contribution in [2.24, 2.45) is 0 Å². The summed E-state index contributed by atoms with van der Waals surface area (Å²) in [6.07, 6.45) is 21.2. The lowest BCUT2D eigenvalue weighted by Gasteiger charge is -2.06. The molecular weight excluding hydrogens is 320 g/mol. The third kappa shape index (κ3) is 18.1. The van der Waals surface area contributed by atoms with Crippen LogP contribution in [0.2, 0.25) is 0 Å². The molecule has 24 heavy (non-hydrogen) atoms. The number of aliphatic hydroxyl groups is 1. The standard InChI is InChI=1S/C20H40O3S/c1-2-3-4-5-6-7-8-9-10-11-12-13-14-15-16-17-18-23-19(21)20(22)24/h20,22,24H,2-18H2,1H3. The largest absolute Gasteiger partial charge is 0.463 e. The Morgan fingerprint density at radius 2 is 1.08 bits per heavy atom. The van der Waals surface area contributed by atoms with Crippen LogP contribution in [-0.4, -0.2) is 23.1 Å². The van der Waals surface area contributed by atoms with Gasteiger partial charge in [0.2, 0.25) is 0 Å². The molecule has 1 unspecified atom stereocenters. The fourth-order valence-electron chi connectivity index (χ4n) is 2.90. The minimum atomic E-state index is -1.30. The van der Waals surface area contributed by atoms with Crippen LogP contribution in [0.15, 0.2) is 0 Å². The van der Waals surface area contributed by atoms with Gasteiger partial charge in [0.25, 0.3) is 0 Å². The molecule has 0 fully saturated rings. The predicted octanol–water partition coefficient (Wildman–Crippen LogP) is 6.04. The zero-order valence-corrected chi connectivity index (χ0v) is 16.7. The van der Waals surface area contributed by atoms with Crippen molar-refractivity contribution in [3.05, 3.63) is 0 Å². The second-order valence-electron chi connectivity index (χ2n) is 6.84. The van der Waals surface area contributed by atoms with Gasteiger partial charge in [-0.3, -0.25) is 0 Å². The lowest BCUT2D eigenvalue weighted by Crippen LogP contribution is -2.17. The van der Waals surface area contributed by atoms with Crippen LogP contribution in [0, 0.1) is 0 Å². The van der Waals surface area contributed by atoms with Gasteiger partial charge in [0.15, 0.2) is 5.44 Å². The van der Waals surface area contributed by atoms with Crippen LogP contribution in [-0.2, 0) is 9.53 Å². The predicted molar refractivity (Wildman–Crippen MR) is 105 cm³/mol. The van der Waals surface area contributed by atoms with Crippen LogP contribution in [0.1, 0.15) is 110 Å². The molecule has 0 aromatic rings. The first-order valence-electron chi connectivity index (χ1n) is 10.2. The summed E-state index contributed by atoms with van der Waals surface area (Å²) >= 11 is 3.61.